The highest BCUT2D eigenvalue weighted by molar-refractivity contribution is 7.92. The van der Waals surface area contributed by atoms with Gasteiger partial charge in [0.2, 0.25) is 5.88 Å². The van der Waals surface area contributed by atoms with Crippen molar-refractivity contribution < 1.29 is 17.7 Å². The zero-order valence-corrected chi connectivity index (χ0v) is 22.3. The topological polar surface area (TPSA) is 94.3 Å². The summed E-state index contributed by atoms with van der Waals surface area (Å²) >= 11 is 0. The lowest BCUT2D eigenvalue weighted by atomic mass is 9.96. The number of rotatable bonds is 8. The Labute approximate surface area is 212 Å². The standard InChI is InChI=1S/C28H31N3O4S/c1-7-23-15-22(16-34-26-14-17(2)29-20(5)18(26)3)12-13-24(23)25-10-8-9-11-27(25)36(32,33)31-28-19(4)21(6)30-35-28/h8-15,31H,7,16H2,1-6H3. The van der Waals surface area contributed by atoms with Crippen LogP contribution in [-0.2, 0) is 23.1 Å². The maximum absolute atomic E-state index is 13.3. The van der Waals surface area contributed by atoms with Crippen molar-refractivity contribution in [3.63, 3.8) is 0 Å². The molecule has 0 bridgehead atoms. The van der Waals surface area contributed by atoms with E-state index >= 15 is 0 Å². The van der Waals surface area contributed by atoms with E-state index in [9.17, 15) is 8.42 Å². The van der Waals surface area contributed by atoms with E-state index in [2.05, 4.69) is 27.9 Å². The molecule has 4 rings (SSSR count). The molecule has 0 aliphatic carbocycles. The second kappa shape index (κ2) is 10.1. The second-order valence-electron chi connectivity index (χ2n) is 8.93. The van der Waals surface area contributed by atoms with E-state index in [0.717, 1.165) is 45.8 Å². The number of hydrogen-bond acceptors (Lipinski definition) is 6. The van der Waals surface area contributed by atoms with Crippen LogP contribution in [0.4, 0.5) is 5.88 Å². The van der Waals surface area contributed by atoms with Gasteiger partial charge in [0.25, 0.3) is 10.0 Å². The molecule has 0 atom stereocenters. The van der Waals surface area contributed by atoms with Crippen LogP contribution in [-0.4, -0.2) is 18.6 Å². The zero-order chi connectivity index (χ0) is 26.0. The van der Waals surface area contributed by atoms with Crippen molar-refractivity contribution in [3.8, 4) is 16.9 Å². The zero-order valence-electron chi connectivity index (χ0n) is 21.5. The molecule has 2 aromatic carbocycles. The van der Waals surface area contributed by atoms with Crippen molar-refractivity contribution in [2.75, 3.05) is 4.72 Å². The number of nitrogens with zero attached hydrogens (tertiary/aromatic N) is 2. The molecule has 2 aromatic heterocycles. The van der Waals surface area contributed by atoms with Crippen LogP contribution in [0.25, 0.3) is 11.1 Å². The van der Waals surface area contributed by atoms with Crippen molar-refractivity contribution in [1.29, 1.82) is 0 Å². The molecule has 1 N–H and O–H groups in total. The highest BCUT2D eigenvalue weighted by Crippen LogP contribution is 2.33. The highest BCUT2D eigenvalue weighted by Gasteiger charge is 2.23. The summed E-state index contributed by atoms with van der Waals surface area (Å²) in [5, 5.41) is 3.85. The molecule has 2 heterocycles. The SMILES string of the molecule is CCc1cc(COc2cc(C)nc(C)c2C)ccc1-c1ccccc1S(=O)(=O)Nc1onc(C)c1C. The lowest BCUT2D eigenvalue weighted by molar-refractivity contribution is 0.303. The molecule has 0 fully saturated rings. The van der Waals surface area contributed by atoms with Gasteiger partial charge in [-0.1, -0.05) is 48.5 Å². The highest BCUT2D eigenvalue weighted by atomic mass is 32.2. The van der Waals surface area contributed by atoms with Gasteiger partial charge in [0.05, 0.1) is 10.6 Å². The Hall–Kier alpha value is -3.65. The Morgan fingerprint density at radius 1 is 0.917 bits per heavy atom. The van der Waals surface area contributed by atoms with E-state index in [1.165, 1.54) is 0 Å². The van der Waals surface area contributed by atoms with Crippen LogP contribution in [0.2, 0.25) is 0 Å². The Balaban J connectivity index is 1.65. The van der Waals surface area contributed by atoms with Gasteiger partial charge in [-0.3, -0.25) is 4.98 Å². The minimum atomic E-state index is -3.91. The molecule has 0 aliphatic rings. The number of nitrogens with one attached hydrogen (secondary N) is 1. The van der Waals surface area contributed by atoms with Gasteiger partial charge in [0.15, 0.2) is 0 Å². The van der Waals surface area contributed by atoms with E-state index in [0.29, 0.717) is 23.4 Å². The summed E-state index contributed by atoms with van der Waals surface area (Å²) in [5.41, 5.74) is 7.72. The van der Waals surface area contributed by atoms with E-state index in [1.54, 1.807) is 26.0 Å². The van der Waals surface area contributed by atoms with Gasteiger partial charge in [-0.25, -0.2) is 13.1 Å². The third kappa shape index (κ3) is 5.14. The van der Waals surface area contributed by atoms with Gasteiger partial charge in [-0.15, -0.1) is 0 Å². The summed E-state index contributed by atoms with van der Waals surface area (Å²) in [6, 6.07) is 14.9. The molecule has 0 amide bonds. The number of sulfonamides is 1. The fourth-order valence-electron chi connectivity index (χ4n) is 4.07. The smallest absolute Gasteiger partial charge is 0.264 e. The second-order valence-corrected chi connectivity index (χ2v) is 10.6. The van der Waals surface area contributed by atoms with E-state index < -0.39 is 10.0 Å². The molecular weight excluding hydrogens is 474 g/mol. The third-order valence-corrected chi connectivity index (χ3v) is 7.78. The van der Waals surface area contributed by atoms with Gasteiger partial charge in [0, 0.05) is 34.1 Å². The fraction of sp³-hybridized carbons (Fsp3) is 0.286. The first-order chi connectivity index (χ1) is 17.1. The van der Waals surface area contributed by atoms with Crippen molar-refractivity contribution in [1.82, 2.24) is 10.1 Å². The maximum atomic E-state index is 13.3. The van der Waals surface area contributed by atoms with Gasteiger partial charge in [0.1, 0.15) is 12.4 Å². The maximum Gasteiger partial charge on any atom is 0.264 e. The Morgan fingerprint density at radius 2 is 1.67 bits per heavy atom. The lowest BCUT2D eigenvalue weighted by Gasteiger charge is -2.16. The van der Waals surface area contributed by atoms with Crippen LogP contribution in [0, 0.1) is 34.6 Å². The van der Waals surface area contributed by atoms with Gasteiger partial charge in [-0.05, 0) is 63.8 Å². The van der Waals surface area contributed by atoms with Crippen molar-refractivity contribution in [3.05, 3.63) is 87.9 Å². The van der Waals surface area contributed by atoms with Crippen LogP contribution in [0.5, 0.6) is 5.75 Å². The summed E-state index contributed by atoms with van der Waals surface area (Å²) in [4.78, 5) is 4.65. The Morgan fingerprint density at radius 3 is 2.36 bits per heavy atom. The van der Waals surface area contributed by atoms with E-state index in [4.69, 9.17) is 9.26 Å². The summed E-state index contributed by atoms with van der Waals surface area (Å²) in [5.74, 6) is 0.949. The predicted octanol–water partition coefficient (Wildman–Crippen LogP) is 6.22. The average Bonchev–Trinajstić information content (AvgIpc) is 3.16. The van der Waals surface area contributed by atoms with Gasteiger partial charge in [-0.2, -0.15) is 0 Å². The quantitative estimate of drug-likeness (QED) is 0.305. The summed E-state index contributed by atoms with van der Waals surface area (Å²) in [6.07, 6.45) is 0.734. The lowest BCUT2D eigenvalue weighted by Crippen LogP contribution is -2.14. The van der Waals surface area contributed by atoms with Crippen molar-refractivity contribution in [2.24, 2.45) is 0 Å². The molecule has 7 nitrogen and oxygen atoms in total. The first kappa shape index (κ1) is 25.4. The minimum Gasteiger partial charge on any atom is -0.488 e. The number of aromatic nitrogens is 2. The Bertz CT molecular complexity index is 1520. The summed E-state index contributed by atoms with van der Waals surface area (Å²) < 4.78 is 40.6. The Kier molecular flexibility index (Phi) is 7.17. The number of aryl methyl sites for hydroxylation is 4. The number of hydrogen-bond donors (Lipinski definition) is 1. The minimum absolute atomic E-state index is 0.127. The normalized spacial score (nSPS) is 11.5. The molecule has 0 spiro atoms. The molecule has 0 saturated heterocycles. The summed E-state index contributed by atoms with van der Waals surface area (Å²) in [7, 11) is -3.91. The first-order valence-corrected chi connectivity index (χ1v) is 13.3. The van der Waals surface area contributed by atoms with Crippen LogP contribution < -0.4 is 9.46 Å². The number of benzene rings is 2. The van der Waals surface area contributed by atoms with Crippen molar-refractivity contribution >= 4 is 15.9 Å². The molecular formula is C28H31N3O4S. The van der Waals surface area contributed by atoms with Crippen LogP contribution in [0.15, 0.2) is 57.9 Å². The molecule has 4 aromatic rings. The average molecular weight is 506 g/mol. The molecule has 0 aliphatic heterocycles. The molecule has 0 unspecified atom stereocenters. The van der Waals surface area contributed by atoms with Gasteiger partial charge < -0.3 is 9.26 Å². The molecule has 188 valence electrons. The first-order valence-electron chi connectivity index (χ1n) is 11.8. The van der Waals surface area contributed by atoms with Crippen LogP contribution in [0.1, 0.15) is 46.3 Å². The fourth-order valence-corrected chi connectivity index (χ4v) is 5.34. The summed E-state index contributed by atoms with van der Waals surface area (Å²) in [6.45, 7) is 11.9. The molecule has 0 saturated carbocycles. The van der Waals surface area contributed by atoms with E-state index in [1.807, 2.05) is 51.1 Å². The third-order valence-electron chi connectivity index (χ3n) is 6.39. The van der Waals surface area contributed by atoms with Crippen molar-refractivity contribution in [2.45, 2.75) is 59.5 Å². The molecule has 36 heavy (non-hydrogen) atoms. The van der Waals surface area contributed by atoms with E-state index in [-0.39, 0.29) is 10.8 Å². The number of pyridine rings is 1. The predicted molar refractivity (Wildman–Crippen MR) is 141 cm³/mol. The van der Waals surface area contributed by atoms with Crippen LogP contribution >= 0.6 is 0 Å². The monoisotopic (exact) mass is 505 g/mol. The van der Waals surface area contributed by atoms with Gasteiger partial charge >= 0.3 is 0 Å². The molecule has 0 radical (unpaired) electrons. The number of ether oxygens (including phenoxy) is 1. The largest absolute Gasteiger partial charge is 0.488 e. The molecule has 8 heteroatoms. The van der Waals surface area contributed by atoms with Crippen LogP contribution in [0.3, 0.4) is 0 Å². The number of anilines is 1.